The molecule has 1 rings (SSSR count). The number of carbonyl (C=O) groups is 1. The zero-order valence-electron chi connectivity index (χ0n) is 14.2. The van der Waals surface area contributed by atoms with E-state index in [9.17, 15) is 4.79 Å². The zero-order chi connectivity index (χ0) is 16.9. The molecule has 0 aliphatic heterocycles. The van der Waals surface area contributed by atoms with E-state index >= 15 is 0 Å². The van der Waals surface area contributed by atoms with Crippen molar-refractivity contribution in [3.63, 3.8) is 0 Å². The van der Waals surface area contributed by atoms with E-state index in [2.05, 4.69) is 13.8 Å². The number of carboxylic acids is 1. The van der Waals surface area contributed by atoms with Crippen LogP contribution in [0.15, 0.2) is 24.3 Å². The number of aliphatic carboxylic acids is 1. The summed E-state index contributed by atoms with van der Waals surface area (Å²) in [5, 5.41) is 8.72. The van der Waals surface area contributed by atoms with Crippen LogP contribution in [0.1, 0.15) is 57.9 Å². The fourth-order valence-electron chi connectivity index (χ4n) is 2.10. The zero-order valence-corrected chi connectivity index (χ0v) is 14.2. The summed E-state index contributed by atoms with van der Waals surface area (Å²) < 4.78 is 11.6. The highest BCUT2D eigenvalue weighted by molar-refractivity contribution is 5.85. The molecule has 0 fully saturated rings. The first-order valence-electron chi connectivity index (χ1n) is 8.48. The van der Waals surface area contributed by atoms with Crippen LogP contribution < -0.4 is 9.47 Å². The normalized spacial score (nSPS) is 10.9. The van der Waals surface area contributed by atoms with Crippen molar-refractivity contribution in [2.75, 3.05) is 13.2 Å². The van der Waals surface area contributed by atoms with Crippen LogP contribution in [0.2, 0.25) is 0 Å². The van der Waals surface area contributed by atoms with E-state index in [1.54, 1.807) is 6.08 Å². The molecule has 0 unspecified atom stereocenters. The molecule has 4 heteroatoms. The summed E-state index contributed by atoms with van der Waals surface area (Å²) in [6, 6.07) is 5.52. The monoisotopic (exact) mass is 320 g/mol. The predicted molar refractivity (Wildman–Crippen MR) is 93.2 cm³/mol. The summed E-state index contributed by atoms with van der Waals surface area (Å²) in [6.07, 6.45) is 9.28. The fraction of sp³-hybridized carbons (Fsp3) is 0.526. The van der Waals surface area contributed by atoms with Crippen LogP contribution in [-0.4, -0.2) is 24.3 Å². The maximum atomic E-state index is 10.6. The van der Waals surface area contributed by atoms with Crippen LogP contribution >= 0.6 is 0 Å². The molecule has 1 aromatic rings. The fourth-order valence-corrected chi connectivity index (χ4v) is 2.10. The lowest BCUT2D eigenvalue weighted by Gasteiger charge is -2.13. The molecule has 0 aromatic heterocycles. The standard InChI is InChI=1S/C19H28O4/c1-3-5-7-13-22-17-11-9-16(10-12-19(20)21)15-18(17)23-14-8-6-4-2/h9-12,15H,3-8,13-14H2,1-2H3,(H,20,21). The van der Waals surface area contributed by atoms with Gasteiger partial charge in [0.15, 0.2) is 11.5 Å². The Bertz CT molecular complexity index is 494. The van der Waals surface area contributed by atoms with E-state index in [4.69, 9.17) is 14.6 Å². The van der Waals surface area contributed by atoms with Gasteiger partial charge in [0.05, 0.1) is 13.2 Å². The van der Waals surface area contributed by atoms with E-state index in [1.165, 1.54) is 0 Å². The minimum absolute atomic E-state index is 0.644. The Labute approximate surface area is 139 Å². The third-order valence-electron chi connectivity index (χ3n) is 3.40. The van der Waals surface area contributed by atoms with Crippen molar-refractivity contribution in [3.8, 4) is 11.5 Å². The molecule has 23 heavy (non-hydrogen) atoms. The van der Waals surface area contributed by atoms with Crippen molar-refractivity contribution >= 4 is 12.0 Å². The first kappa shape index (κ1) is 19.1. The summed E-state index contributed by atoms with van der Waals surface area (Å²) >= 11 is 0. The number of unbranched alkanes of at least 4 members (excludes halogenated alkanes) is 4. The predicted octanol–water partition coefficient (Wildman–Crippen LogP) is 4.92. The minimum atomic E-state index is -0.963. The molecular weight excluding hydrogens is 292 g/mol. The van der Waals surface area contributed by atoms with Crippen molar-refractivity contribution in [1.29, 1.82) is 0 Å². The average molecular weight is 320 g/mol. The molecule has 0 aliphatic rings. The third kappa shape index (κ3) is 8.29. The summed E-state index contributed by atoms with van der Waals surface area (Å²) in [5.74, 6) is 0.450. The Kier molecular flexibility index (Phi) is 9.60. The minimum Gasteiger partial charge on any atom is -0.490 e. The van der Waals surface area contributed by atoms with E-state index < -0.39 is 5.97 Å². The van der Waals surface area contributed by atoms with Crippen molar-refractivity contribution in [2.45, 2.75) is 52.4 Å². The molecule has 0 amide bonds. The maximum Gasteiger partial charge on any atom is 0.328 e. The molecule has 4 nitrogen and oxygen atoms in total. The molecule has 0 heterocycles. The molecule has 0 saturated heterocycles. The Morgan fingerprint density at radius 2 is 1.61 bits per heavy atom. The molecule has 0 bridgehead atoms. The number of carboxylic acid groups (broad SMARTS) is 1. The summed E-state index contributed by atoms with van der Waals surface area (Å²) in [7, 11) is 0. The van der Waals surface area contributed by atoms with Crippen molar-refractivity contribution in [1.82, 2.24) is 0 Å². The molecule has 0 aliphatic carbocycles. The lowest BCUT2D eigenvalue weighted by molar-refractivity contribution is -0.131. The van der Waals surface area contributed by atoms with E-state index in [1.807, 2.05) is 18.2 Å². The van der Waals surface area contributed by atoms with Gasteiger partial charge in [-0.3, -0.25) is 0 Å². The third-order valence-corrected chi connectivity index (χ3v) is 3.40. The van der Waals surface area contributed by atoms with Crippen LogP contribution in [0, 0.1) is 0 Å². The molecule has 0 saturated carbocycles. The molecule has 0 radical (unpaired) electrons. The largest absolute Gasteiger partial charge is 0.490 e. The highest BCUT2D eigenvalue weighted by atomic mass is 16.5. The first-order valence-corrected chi connectivity index (χ1v) is 8.48. The average Bonchev–Trinajstić information content (AvgIpc) is 2.55. The van der Waals surface area contributed by atoms with Gasteiger partial charge in [-0.15, -0.1) is 0 Å². The Balaban J connectivity index is 2.74. The molecule has 128 valence electrons. The first-order chi connectivity index (χ1) is 11.2. The van der Waals surface area contributed by atoms with E-state index in [0.29, 0.717) is 19.0 Å². The molecule has 1 N–H and O–H groups in total. The van der Waals surface area contributed by atoms with Gasteiger partial charge >= 0.3 is 5.97 Å². The van der Waals surface area contributed by atoms with Gasteiger partial charge in [-0.25, -0.2) is 4.79 Å². The number of benzene rings is 1. The smallest absolute Gasteiger partial charge is 0.328 e. The summed E-state index contributed by atoms with van der Waals surface area (Å²) in [5.41, 5.74) is 0.791. The van der Waals surface area contributed by atoms with Gasteiger partial charge in [-0.1, -0.05) is 45.6 Å². The molecular formula is C19H28O4. The second-order valence-corrected chi connectivity index (χ2v) is 5.49. The second kappa shape index (κ2) is 11.6. The quantitative estimate of drug-likeness (QED) is 0.438. The van der Waals surface area contributed by atoms with Crippen LogP contribution in [0.25, 0.3) is 6.08 Å². The second-order valence-electron chi connectivity index (χ2n) is 5.49. The van der Waals surface area contributed by atoms with Gasteiger partial charge in [-0.2, -0.15) is 0 Å². The van der Waals surface area contributed by atoms with E-state index in [0.717, 1.165) is 55.9 Å². The highest BCUT2D eigenvalue weighted by Crippen LogP contribution is 2.29. The Morgan fingerprint density at radius 3 is 2.17 bits per heavy atom. The number of rotatable bonds is 12. The van der Waals surface area contributed by atoms with Crippen LogP contribution in [0.5, 0.6) is 11.5 Å². The van der Waals surface area contributed by atoms with Gasteiger partial charge in [0.2, 0.25) is 0 Å². The number of ether oxygens (including phenoxy) is 2. The van der Waals surface area contributed by atoms with Gasteiger partial charge in [0.25, 0.3) is 0 Å². The van der Waals surface area contributed by atoms with Crippen molar-refractivity contribution in [3.05, 3.63) is 29.8 Å². The lowest BCUT2D eigenvalue weighted by atomic mass is 10.2. The van der Waals surface area contributed by atoms with Crippen molar-refractivity contribution < 1.29 is 19.4 Å². The Hall–Kier alpha value is -1.97. The van der Waals surface area contributed by atoms with Crippen molar-refractivity contribution in [2.24, 2.45) is 0 Å². The summed E-state index contributed by atoms with van der Waals surface area (Å²) in [6.45, 7) is 5.63. The molecule has 0 spiro atoms. The molecule has 1 aromatic carbocycles. The lowest BCUT2D eigenvalue weighted by Crippen LogP contribution is -2.03. The topological polar surface area (TPSA) is 55.8 Å². The number of hydrogen-bond acceptors (Lipinski definition) is 3. The maximum absolute atomic E-state index is 10.6. The van der Waals surface area contributed by atoms with E-state index in [-0.39, 0.29) is 0 Å². The van der Waals surface area contributed by atoms with Crippen LogP contribution in [0.3, 0.4) is 0 Å². The highest BCUT2D eigenvalue weighted by Gasteiger charge is 2.06. The van der Waals surface area contributed by atoms with Crippen LogP contribution in [0.4, 0.5) is 0 Å². The Morgan fingerprint density at radius 1 is 1.00 bits per heavy atom. The number of hydrogen-bond donors (Lipinski definition) is 1. The van der Waals surface area contributed by atoms with Gasteiger partial charge in [0, 0.05) is 6.08 Å². The molecule has 0 atom stereocenters. The SMILES string of the molecule is CCCCCOc1ccc(C=CC(=O)O)cc1OCCCCC. The van der Waals surface area contributed by atoms with Gasteiger partial charge in [0.1, 0.15) is 0 Å². The van der Waals surface area contributed by atoms with Gasteiger partial charge < -0.3 is 14.6 Å². The summed E-state index contributed by atoms with van der Waals surface area (Å²) in [4.78, 5) is 10.6. The van der Waals surface area contributed by atoms with Crippen LogP contribution in [-0.2, 0) is 4.79 Å². The van der Waals surface area contributed by atoms with Gasteiger partial charge in [-0.05, 0) is 36.6 Å².